The summed E-state index contributed by atoms with van der Waals surface area (Å²) in [5.41, 5.74) is 8.45. The van der Waals surface area contributed by atoms with Gasteiger partial charge >= 0.3 is 0 Å². The quantitative estimate of drug-likeness (QED) is 0.600. The van der Waals surface area contributed by atoms with Crippen molar-refractivity contribution in [1.29, 1.82) is 0 Å². The number of nitrogens with two attached hydrogens (primary N) is 1. The number of hydrogen-bond acceptors (Lipinski definition) is 3. The van der Waals surface area contributed by atoms with E-state index in [9.17, 15) is 14.7 Å². The highest BCUT2D eigenvalue weighted by Crippen LogP contribution is 2.24. The maximum Gasteiger partial charge on any atom is 0.252 e. The number of amides is 2. The summed E-state index contributed by atoms with van der Waals surface area (Å²) < 4.78 is 2.10. The van der Waals surface area contributed by atoms with Crippen LogP contribution in [0.4, 0.5) is 0 Å². The molecule has 0 radical (unpaired) electrons. The number of aromatic nitrogens is 1. The summed E-state index contributed by atoms with van der Waals surface area (Å²) >= 11 is 0. The van der Waals surface area contributed by atoms with Crippen LogP contribution in [0.1, 0.15) is 34.8 Å². The molecular formula is C21H23N3O3. The SMILES string of the molecule is CCC(=O)NCCc1cn(Cc2ccc(C(N)=O)c(O)c2)c2ccccc12. The molecule has 0 aliphatic heterocycles. The van der Waals surface area contributed by atoms with Gasteiger partial charge in [-0.1, -0.05) is 31.2 Å². The van der Waals surface area contributed by atoms with E-state index in [1.165, 1.54) is 0 Å². The van der Waals surface area contributed by atoms with Gasteiger partial charge in [-0.05, 0) is 35.7 Å². The lowest BCUT2D eigenvalue weighted by atomic mass is 10.1. The standard InChI is InChI=1S/C21H23N3O3/c1-2-20(26)23-10-9-15-13-24(18-6-4-3-5-16(15)18)12-14-7-8-17(21(22)27)19(25)11-14/h3-8,11,13,25H,2,9-10,12H2,1H3,(H2,22,27)(H,23,26). The Labute approximate surface area is 157 Å². The van der Waals surface area contributed by atoms with Crippen molar-refractivity contribution in [3.05, 3.63) is 65.4 Å². The summed E-state index contributed by atoms with van der Waals surface area (Å²) in [6.07, 6.45) is 3.29. The van der Waals surface area contributed by atoms with Crippen molar-refractivity contribution in [3.8, 4) is 5.75 Å². The summed E-state index contributed by atoms with van der Waals surface area (Å²) in [5, 5.41) is 14.0. The molecule has 2 aromatic carbocycles. The second-order valence-corrected chi connectivity index (χ2v) is 6.47. The molecule has 0 saturated heterocycles. The minimum absolute atomic E-state index is 0.0451. The van der Waals surface area contributed by atoms with E-state index in [4.69, 9.17) is 5.73 Å². The van der Waals surface area contributed by atoms with Crippen LogP contribution in [0.3, 0.4) is 0 Å². The molecule has 140 valence electrons. The predicted octanol–water partition coefficient (Wildman–Crippen LogP) is 2.56. The molecule has 0 aliphatic rings. The fourth-order valence-corrected chi connectivity index (χ4v) is 3.20. The third-order valence-corrected chi connectivity index (χ3v) is 4.59. The number of hydrogen-bond donors (Lipinski definition) is 3. The molecule has 0 aliphatic carbocycles. The van der Waals surface area contributed by atoms with Crippen molar-refractivity contribution in [1.82, 2.24) is 9.88 Å². The number of benzene rings is 2. The van der Waals surface area contributed by atoms with E-state index in [1.807, 2.05) is 25.1 Å². The van der Waals surface area contributed by atoms with Crippen LogP contribution in [0.5, 0.6) is 5.75 Å². The third kappa shape index (κ3) is 4.11. The second kappa shape index (κ2) is 7.95. The summed E-state index contributed by atoms with van der Waals surface area (Å²) in [5.74, 6) is -0.718. The van der Waals surface area contributed by atoms with Crippen LogP contribution in [-0.4, -0.2) is 28.0 Å². The monoisotopic (exact) mass is 365 g/mol. The van der Waals surface area contributed by atoms with Crippen LogP contribution < -0.4 is 11.1 Å². The molecule has 0 fully saturated rings. The first-order chi connectivity index (χ1) is 13.0. The predicted molar refractivity (Wildman–Crippen MR) is 105 cm³/mol. The fourth-order valence-electron chi connectivity index (χ4n) is 3.20. The van der Waals surface area contributed by atoms with E-state index in [0.717, 1.165) is 28.5 Å². The van der Waals surface area contributed by atoms with Gasteiger partial charge in [0.2, 0.25) is 5.91 Å². The number of primary amides is 1. The van der Waals surface area contributed by atoms with E-state index >= 15 is 0 Å². The fraction of sp³-hybridized carbons (Fsp3) is 0.238. The van der Waals surface area contributed by atoms with Crippen molar-refractivity contribution in [2.45, 2.75) is 26.3 Å². The molecule has 4 N–H and O–H groups in total. The van der Waals surface area contributed by atoms with Crippen molar-refractivity contribution < 1.29 is 14.7 Å². The molecule has 0 spiro atoms. The van der Waals surface area contributed by atoms with E-state index in [1.54, 1.807) is 18.2 Å². The molecule has 1 heterocycles. The van der Waals surface area contributed by atoms with Gasteiger partial charge in [-0.3, -0.25) is 9.59 Å². The maximum atomic E-state index is 11.4. The van der Waals surface area contributed by atoms with E-state index in [0.29, 0.717) is 19.5 Å². The molecule has 2 amide bonds. The van der Waals surface area contributed by atoms with Gasteiger partial charge in [0.1, 0.15) is 5.75 Å². The number of fused-ring (bicyclic) bond motifs is 1. The molecule has 6 heteroatoms. The van der Waals surface area contributed by atoms with Crippen LogP contribution in [0.15, 0.2) is 48.7 Å². The Kier molecular flexibility index (Phi) is 5.45. The zero-order chi connectivity index (χ0) is 19.4. The van der Waals surface area contributed by atoms with Gasteiger partial charge in [-0.25, -0.2) is 0 Å². The first-order valence-corrected chi connectivity index (χ1v) is 8.94. The largest absolute Gasteiger partial charge is 0.507 e. The summed E-state index contributed by atoms with van der Waals surface area (Å²) in [6.45, 7) is 2.98. The van der Waals surface area contributed by atoms with Crippen LogP contribution in [0.25, 0.3) is 10.9 Å². The third-order valence-electron chi connectivity index (χ3n) is 4.59. The minimum atomic E-state index is -0.651. The van der Waals surface area contributed by atoms with Crippen molar-refractivity contribution in [2.24, 2.45) is 5.73 Å². The number of aromatic hydroxyl groups is 1. The topological polar surface area (TPSA) is 97.4 Å². The van der Waals surface area contributed by atoms with Crippen molar-refractivity contribution >= 4 is 22.7 Å². The smallest absolute Gasteiger partial charge is 0.252 e. The van der Waals surface area contributed by atoms with Crippen molar-refractivity contribution in [2.75, 3.05) is 6.54 Å². The highest BCUT2D eigenvalue weighted by molar-refractivity contribution is 5.95. The van der Waals surface area contributed by atoms with Gasteiger partial charge < -0.3 is 20.7 Å². The number of carbonyl (C=O) groups excluding carboxylic acids is 2. The number of nitrogens with one attached hydrogen (secondary N) is 1. The Hall–Kier alpha value is -3.28. The number of para-hydroxylation sites is 1. The first-order valence-electron chi connectivity index (χ1n) is 8.94. The highest BCUT2D eigenvalue weighted by Gasteiger charge is 2.11. The van der Waals surface area contributed by atoms with Crippen LogP contribution in [-0.2, 0) is 17.8 Å². The van der Waals surface area contributed by atoms with Gasteiger partial charge in [0.05, 0.1) is 5.56 Å². The summed E-state index contributed by atoms with van der Waals surface area (Å²) in [4.78, 5) is 22.7. The Morgan fingerprint density at radius 1 is 1.19 bits per heavy atom. The van der Waals surface area contributed by atoms with Crippen molar-refractivity contribution in [3.63, 3.8) is 0 Å². The molecule has 1 aromatic heterocycles. The Balaban J connectivity index is 1.85. The molecule has 3 rings (SSSR count). The summed E-state index contributed by atoms with van der Waals surface area (Å²) in [6, 6.07) is 13.0. The van der Waals surface area contributed by atoms with Crippen LogP contribution >= 0.6 is 0 Å². The zero-order valence-electron chi connectivity index (χ0n) is 15.2. The van der Waals surface area contributed by atoms with Crippen LogP contribution in [0, 0.1) is 0 Å². The zero-order valence-corrected chi connectivity index (χ0v) is 15.2. The van der Waals surface area contributed by atoms with E-state index < -0.39 is 5.91 Å². The Morgan fingerprint density at radius 3 is 2.67 bits per heavy atom. The number of phenols is 1. The maximum absolute atomic E-state index is 11.4. The Bertz CT molecular complexity index is 992. The van der Waals surface area contributed by atoms with Gasteiger partial charge in [-0.2, -0.15) is 0 Å². The van der Waals surface area contributed by atoms with E-state index in [2.05, 4.69) is 22.1 Å². The highest BCUT2D eigenvalue weighted by atomic mass is 16.3. The molecule has 0 atom stereocenters. The van der Waals surface area contributed by atoms with Gasteiger partial charge in [0.25, 0.3) is 5.91 Å². The second-order valence-electron chi connectivity index (χ2n) is 6.47. The minimum Gasteiger partial charge on any atom is -0.507 e. The van der Waals surface area contributed by atoms with E-state index in [-0.39, 0.29) is 17.2 Å². The molecular weight excluding hydrogens is 342 g/mol. The number of nitrogens with zero attached hydrogens (tertiary/aromatic N) is 1. The molecule has 3 aromatic rings. The van der Waals surface area contributed by atoms with Crippen LogP contribution in [0.2, 0.25) is 0 Å². The molecule has 0 unspecified atom stereocenters. The lowest BCUT2D eigenvalue weighted by Gasteiger charge is -2.08. The first kappa shape index (κ1) is 18.5. The molecule has 0 bridgehead atoms. The lowest BCUT2D eigenvalue weighted by molar-refractivity contribution is -0.120. The number of carbonyl (C=O) groups is 2. The average molecular weight is 365 g/mol. The average Bonchev–Trinajstić information content (AvgIpc) is 2.99. The van der Waals surface area contributed by atoms with Gasteiger partial charge in [0.15, 0.2) is 0 Å². The molecule has 27 heavy (non-hydrogen) atoms. The molecule has 6 nitrogen and oxygen atoms in total. The van der Waals surface area contributed by atoms with Gasteiger partial charge in [-0.15, -0.1) is 0 Å². The van der Waals surface area contributed by atoms with Gasteiger partial charge in [0, 0.05) is 36.6 Å². The lowest BCUT2D eigenvalue weighted by Crippen LogP contribution is -2.24. The normalized spacial score (nSPS) is 10.9. The molecule has 0 saturated carbocycles. The Morgan fingerprint density at radius 2 is 1.96 bits per heavy atom. The summed E-state index contributed by atoms with van der Waals surface area (Å²) in [7, 11) is 0. The number of rotatable bonds is 7.